The van der Waals surface area contributed by atoms with Gasteiger partial charge in [-0.1, -0.05) is 0 Å². The first-order valence-electron chi connectivity index (χ1n) is 13.9. The van der Waals surface area contributed by atoms with Crippen LogP contribution >= 0.6 is 0 Å². The van der Waals surface area contributed by atoms with E-state index in [9.17, 15) is 43.3 Å². The highest BCUT2D eigenvalue weighted by Gasteiger charge is 2.51. The molecular weight excluding hydrogens is 665 g/mol. The van der Waals surface area contributed by atoms with Gasteiger partial charge in [0, 0.05) is 0 Å². The van der Waals surface area contributed by atoms with Gasteiger partial charge in [0.2, 0.25) is 40.1 Å². The molecule has 2 amide bonds. The molecule has 0 atom stereocenters. The van der Waals surface area contributed by atoms with Crippen LogP contribution in [0.1, 0.15) is 107 Å². The van der Waals surface area contributed by atoms with Gasteiger partial charge in [0.15, 0.2) is 0 Å². The fraction of sp³-hybridized carbons (Fsp3) is 0.917. The maximum atomic E-state index is 11.6. The Morgan fingerprint density at radius 3 is 1.18 bits per heavy atom. The fourth-order valence-corrected chi connectivity index (χ4v) is 6.52. The first kappa shape index (κ1) is 40.3. The van der Waals surface area contributed by atoms with Crippen LogP contribution < -0.4 is 19.7 Å². The van der Waals surface area contributed by atoms with Gasteiger partial charge in [-0.2, -0.15) is 0 Å². The summed E-state index contributed by atoms with van der Waals surface area (Å²) in [7, 11) is -13.4. The van der Waals surface area contributed by atoms with Crippen molar-refractivity contribution < 1.29 is 52.7 Å². The van der Waals surface area contributed by atoms with Gasteiger partial charge in [0.25, 0.3) is 0 Å². The summed E-state index contributed by atoms with van der Waals surface area (Å²) in [5.41, 5.74) is -1.37. The lowest BCUT2D eigenvalue weighted by atomic mass is 10.2. The molecule has 4 saturated carbocycles. The second-order valence-electron chi connectivity index (χ2n) is 13.7. The van der Waals surface area contributed by atoms with Crippen LogP contribution in [0.4, 0.5) is 9.59 Å². The number of rotatable bonds is 6. The summed E-state index contributed by atoms with van der Waals surface area (Å²) in [6.45, 7) is 13.3. The molecule has 4 rings (SSSR count). The van der Waals surface area contributed by atoms with E-state index in [4.69, 9.17) is 19.8 Å². The molecule has 0 aromatic rings. The molecule has 0 bridgehead atoms. The third kappa shape index (κ3) is 15.0. The predicted octanol–water partition coefficient (Wildman–Crippen LogP) is 1.66. The van der Waals surface area contributed by atoms with Crippen LogP contribution in [0.15, 0.2) is 0 Å². The Kier molecular flexibility index (Phi) is 12.4. The maximum absolute atomic E-state index is 11.6. The van der Waals surface area contributed by atoms with E-state index in [0.29, 0.717) is 25.7 Å². The molecule has 0 radical (unpaired) electrons. The van der Waals surface area contributed by atoms with E-state index >= 15 is 0 Å². The molecule has 44 heavy (non-hydrogen) atoms. The highest BCUT2D eigenvalue weighted by molar-refractivity contribution is 7.92. The van der Waals surface area contributed by atoms with Crippen molar-refractivity contribution in [3.63, 3.8) is 0 Å². The van der Waals surface area contributed by atoms with E-state index in [-0.39, 0.29) is 5.25 Å². The van der Waals surface area contributed by atoms with Gasteiger partial charge in [-0.05, 0) is 107 Å². The fourth-order valence-electron chi connectivity index (χ4n) is 2.71. The highest BCUT2D eigenvalue weighted by atomic mass is 32.2. The summed E-state index contributed by atoms with van der Waals surface area (Å²) in [5.74, 6) is 0. The van der Waals surface area contributed by atoms with Gasteiger partial charge in [-0.25, -0.2) is 63.0 Å². The number of sulfonamides is 4. The molecule has 0 aromatic heterocycles. The Balaban J connectivity index is 0.000000307. The summed E-state index contributed by atoms with van der Waals surface area (Å²) in [5, 5.41) is 8.95. The van der Waals surface area contributed by atoms with E-state index < -0.39 is 78.2 Å². The average Bonchev–Trinajstić information content (AvgIpc) is 3.59. The summed E-state index contributed by atoms with van der Waals surface area (Å²) in [6, 6.07) is 0. The van der Waals surface area contributed by atoms with Gasteiger partial charge in [-0.15, -0.1) is 0 Å². The van der Waals surface area contributed by atoms with E-state index in [1.165, 1.54) is 0 Å². The molecule has 0 aromatic carbocycles. The van der Waals surface area contributed by atoms with Crippen LogP contribution in [0.5, 0.6) is 0 Å². The highest BCUT2D eigenvalue weighted by Crippen LogP contribution is 2.42. The molecule has 16 nitrogen and oxygen atoms in total. The van der Waals surface area contributed by atoms with Crippen molar-refractivity contribution >= 4 is 52.3 Å². The third-order valence-corrected chi connectivity index (χ3v) is 13.6. The number of nitrogens with one attached hydrogen (secondary N) is 2. The number of nitrogens with two attached hydrogens (primary N) is 2. The standard InChI is InChI=1S/C9H17NO4S.C8H15NO4S.C4H9NO2S.C3H7NO2S/c1-8(2,3)14-7(11)10-15(12,13)9(4)5-6-9;1-8(2,3)13-7(10)9-14(11,12)6-4-5-6;1-4(2-3-4)8(5,6)7;4-7(5,6)3-1-2-3/h5-6H2,1-4H3,(H,10,11);6H,4-5H2,1-3H3,(H,9,10);2-3H2,1H3,(H2,5,6,7);3H,1-2H2,(H2,4,5,6). The second kappa shape index (κ2) is 13.5. The molecule has 0 heterocycles. The molecule has 6 N–H and O–H groups in total. The monoisotopic (exact) mass is 712 g/mol. The molecule has 260 valence electrons. The van der Waals surface area contributed by atoms with Gasteiger partial charge in [0.05, 0.1) is 20.0 Å². The quantitative estimate of drug-likeness (QED) is 0.306. The van der Waals surface area contributed by atoms with Crippen LogP contribution in [-0.2, 0) is 49.6 Å². The Hall–Kier alpha value is -1.74. The van der Waals surface area contributed by atoms with Crippen LogP contribution in [0.3, 0.4) is 0 Å². The predicted molar refractivity (Wildman–Crippen MR) is 164 cm³/mol. The maximum Gasteiger partial charge on any atom is 0.421 e. The summed E-state index contributed by atoms with van der Waals surface area (Å²) in [6.07, 6.45) is 3.60. The van der Waals surface area contributed by atoms with Gasteiger partial charge >= 0.3 is 12.2 Å². The molecule has 4 aliphatic rings. The molecule has 4 aliphatic carbocycles. The van der Waals surface area contributed by atoms with Gasteiger partial charge in [-0.3, -0.25) is 0 Å². The lowest BCUT2D eigenvalue weighted by Gasteiger charge is -2.20. The third-order valence-electron chi connectivity index (χ3n) is 6.44. The first-order chi connectivity index (χ1) is 19.3. The molecule has 0 spiro atoms. The second-order valence-corrected chi connectivity index (χ2v) is 21.8. The number of carbonyl (C=O) groups excluding carboxylic acids is 2. The minimum atomic E-state index is -3.58. The van der Waals surface area contributed by atoms with Crippen molar-refractivity contribution in [2.45, 2.75) is 138 Å². The number of hydrogen-bond acceptors (Lipinski definition) is 12. The van der Waals surface area contributed by atoms with Crippen molar-refractivity contribution in [2.75, 3.05) is 0 Å². The minimum absolute atomic E-state index is 0.201. The average molecular weight is 713 g/mol. The Morgan fingerprint density at radius 2 is 0.977 bits per heavy atom. The van der Waals surface area contributed by atoms with E-state index in [2.05, 4.69) is 0 Å². The lowest BCUT2D eigenvalue weighted by Crippen LogP contribution is -2.41. The summed E-state index contributed by atoms with van der Waals surface area (Å²) in [4.78, 5) is 22.3. The largest absolute Gasteiger partial charge is 0.443 e. The van der Waals surface area contributed by atoms with Crippen molar-refractivity contribution in [3.05, 3.63) is 0 Å². The van der Waals surface area contributed by atoms with Crippen molar-refractivity contribution in [3.8, 4) is 0 Å². The van der Waals surface area contributed by atoms with E-state index in [0.717, 1.165) is 25.7 Å². The van der Waals surface area contributed by atoms with Crippen molar-refractivity contribution in [1.29, 1.82) is 0 Å². The first-order valence-corrected chi connectivity index (χ1v) is 20.0. The zero-order valence-electron chi connectivity index (χ0n) is 26.5. The Bertz CT molecular complexity index is 1480. The number of ether oxygens (including phenoxy) is 2. The molecule has 0 saturated heterocycles. The SMILES string of the molecule is CC(C)(C)OC(=O)NS(=O)(=O)C1(C)CC1.CC(C)(C)OC(=O)NS(=O)(=O)C1CC1.CC1(S(N)(=O)=O)CC1.NS(=O)(=O)C1CC1. The Labute approximate surface area is 261 Å². The van der Waals surface area contributed by atoms with Crippen LogP contribution in [0.2, 0.25) is 0 Å². The summed E-state index contributed by atoms with van der Waals surface area (Å²) < 4.78 is 99.2. The molecule has 0 unspecified atom stereocenters. The zero-order valence-corrected chi connectivity index (χ0v) is 29.8. The Morgan fingerprint density at radius 1 is 0.636 bits per heavy atom. The molecule has 0 aliphatic heterocycles. The van der Waals surface area contributed by atoms with Crippen molar-refractivity contribution in [1.82, 2.24) is 9.44 Å². The van der Waals surface area contributed by atoms with E-state index in [1.54, 1.807) is 55.4 Å². The van der Waals surface area contributed by atoms with Gasteiger partial charge < -0.3 is 9.47 Å². The lowest BCUT2D eigenvalue weighted by molar-refractivity contribution is 0.0557. The number of hydrogen-bond donors (Lipinski definition) is 4. The molecule has 4 fully saturated rings. The van der Waals surface area contributed by atoms with Crippen LogP contribution in [0.25, 0.3) is 0 Å². The van der Waals surface area contributed by atoms with Crippen LogP contribution in [-0.4, -0.2) is 77.1 Å². The zero-order chi connectivity index (χ0) is 34.8. The molecular formula is C24H48N4O12S4. The van der Waals surface area contributed by atoms with E-state index in [1.807, 2.05) is 9.44 Å². The van der Waals surface area contributed by atoms with Gasteiger partial charge in [0.1, 0.15) is 11.2 Å². The number of primary sulfonamides is 2. The normalized spacial score (nSPS) is 20.4. The number of carbonyl (C=O) groups is 2. The number of amides is 2. The molecule has 20 heteroatoms. The summed E-state index contributed by atoms with van der Waals surface area (Å²) >= 11 is 0. The topological polar surface area (TPSA) is 265 Å². The minimum Gasteiger partial charge on any atom is -0.443 e. The smallest absolute Gasteiger partial charge is 0.421 e. The van der Waals surface area contributed by atoms with Crippen molar-refractivity contribution in [2.24, 2.45) is 10.3 Å². The van der Waals surface area contributed by atoms with Crippen LogP contribution in [0, 0.1) is 0 Å².